The molecule has 0 bridgehead atoms. The molecule has 0 saturated heterocycles. The first-order valence-electron chi connectivity index (χ1n) is 9.58. The number of nitrogens with zero attached hydrogens (tertiary/aromatic N) is 2. The van der Waals surface area contributed by atoms with Gasteiger partial charge in [0.15, 0.2) is 6.61 Å². The Kier molecular flexibility index (Phi) is 5.56. The minimum atomic E-state index is -0.700. The minimum absolute atomic E-state index is 0.123. The highest BCUT2D eigenvalue weighted by Gasteiger charge is 2.25. The molecule has 3 aromatic rings. The topological polar surface area (TPSA) is 102 Å². The molecule has 3 amide bonds. The summed E-state index contributed by atoms with van der Waals surface area (Å²) in [6.45, 7) is -0.568. The van der Waals surface area contributed by atoms with Gasteiger partial charge in [-0.2, -0.15) is 5.10 Å². The number of carbonyl (C=O) groups is 3. The summed E-state index contributed by atoms with van der Waals surface area (Å²) >= 11 is 0. The largest absolute Gasteiger partial charge is 0.452 e. The molecule has 1 aliphatic rings. The van der Waals surface area contributed by atoms with Crippen LogP contribution < -0.4 is 10.6 Å². The van der Waals surface area contributed by atoms with Gasteiger partial charge in [-0.3, -0.25) is 10.1 Å². The lowest BCUT2D eigenvalue weighted by Crippen LogP contribution is -2.42. The molecule has 1 heterocycles. The number of imide groups is 1. The summed E-state index contributed by atoms with van der Waals surface area (Å²) in [6, 6.07) is 18.1. The third-order valence-corrected chi connectivity index (χ3v) is 4.50. The van der Waals surface area contributed by atoms with Crippen LogP contribution in [0.4, 0.5) is 4.79 Å². The Bertz CT molecular complexity index is 1060. The SMILES string of the molecule is O=C(COC(=O)c1cn(-c2ccccc2)nc1-c1ccccc1)NC(=O)NC1CC1. The van der Waals surface area contributed by atoms with Crippen LogP contribution in [0.15, 0.2) is 66.9 Å². The molecule has 2 aromatic carbocycles. The fourth-order valence-electron chi connectivity index (χ4n) is 2.87. The van der Waals surface area contributed by atoms with Gasteiger partial charge in [0.05, 0.1) is 5.69 Å². The van der Waals surface area contributed by atoms with E-state index in [2.05, 4.69) is 15.7 Å². The van der Waals surface area contributed by atoms with Crippen LogP contribution in [-0.4, -0.2) is 40.3 Å². The average Bonchev–Trinajstić information content (AvgIpc) is 3.46. The van der Waals surface area contributed by atoms with Crippen LogP contribution in [0.2, 0.25) is 0 Å². The second kappa shape index (κ2) is 8.60. The van der Waals surface area contributed by atoms with Gasteiger partial charge in [-0.15, -0.1) is 0 Å². The van der Waals surface area contributed by atoms with Gasteiger partial charge in [0.1, 0.15) is 11.3 Å². The Hall–Kier alpha value is -3.94. The number of para-hydroxylation sites is 1. The van der Waals surface area contributed by atoms with Crippen molar-refractivity contribution in [3.05, 3.63) is 72.4 Å². The Morgan fingerprint density at radius 3 is 2.33 bits per heavy atom. The molecular weight excluding hydrogens is 384 g/mol. The second-order valence-electron chi connectivity index (χ2n) is 6.91. The Labute approximate surface area is 172 Å². The number of benzene rings is 2. The van der Waals surface area contributed by atoms with Gasteiger partial charge in [-0.05, 0) is 25.0 Å². The summed E-state index contributed by atoms with van der Waals surface area (Å²) in [5.74, 6) is -1.40. The molecule has 1 aromatic heterocycles. The zero-order valence-electron chi connectivity index (χ0n) is 16.1. The number of hydrogen-bond acceptors (Lipinski definition) is 5. The van der Waals surface area contributed by atoms with Crippen molar-refractivity contribution in [2.24, 2.45) is 0 Å². The lowest BCUT2D eigenvalue weighted by molar-refractivity contribution is -0.123. The molecule has 8 heteroatoms. The van der Waals surface area contributed by atoms with Crippen molar-refractivity contribution < 1.29 is 19.1 Å². The monoisotopic (exact) mass is 404 g/mol. The van der Waals surface area contributed by atoms with E-state index in [0.29, 0.717) is 5.69 Å². The van der Waals surface area contributed by atoms with E-state index in [4.69, 9.17) is 4.74 Å². The number of ether oxygens (including phenoxy) is 1. The first-order chi connectivity index (χ1) is 14.6. The number of amides is 3. The Morgan fingerprint density at radius 2 is 1.67 bits per heavy atom. The highest BCUT2D eigenvalue weighted by molar-refractivity contribution is 5.99. The molecule has 8 nitrogen and oxygen atoms in total. The zero-order valence-corrected chi connectivity index (χ0v) is 16.1. The quantitative estimate of drug-likeness (QED) is 0.615. The summed E-state index contributed by atoms with van der Waals surface area (Å²) in [5.41, 5.74) is 2.19. The van der Waals surface area contributed by atoms with Gasteiger partial charge in [0, 0.05) is 17.8 Å². The molecule has 1 aliphatic carbocycles. The summed E-state index contributed by atoms with van der Waals surface area (Å²) in [4.78, 5) is 36.2. The fourth-order valence-corrected chi connectivity index (χ4v) is 2.87. The summed E-state index contributed by atoms with van der Waals surface area (Å²) in [6.07, 6.45) is 3.38. The van der Waals surface area contributed by atoms with Crippen LogP contribution in [0.1, 0.15) is 23.2 Å². The number of urea groups is 1. The van der Waals surface area contributed by atoms with Gasteiger partial charge < -0.3 is 10.1 Å². The van der Waals surface area contributed by atoms with Gasteiger partial charge in [0.25, 0.3) is 5.91 Å². The summed E-state index contributed by atoms with van der Waals surface area (Å²) in [5, 5.41) is 9.32. The van der Waals surface area contributed by atoms with Crippen molar-refractivity contribution in [3.63, 3.8) is 0 Å². The summed E-state index contributed by atoms with van der Waals surface area (Å²) in [7, 11) is 0. The molecule has 152 valence electrons. The van der Waals surface area contributed by atoms with Crippen molar-refractivity contribution in [1.82, 2.24) is 20.4 Å². The molecule has 0 unspecified atom stereocenters. The van der Waals surface area contributed by atoms with Crippen LogP contribution in [0.25, 0.3) is 16.9 Å². The summed E-state index contributed by atoms with van der Waals surface area (Å²) < 4.78 is 6.72. The molecule has 1 fully saturated rings. The maximum Gasteiger partial charge on any atom is 0.342 e. The minimum Gasteiger partial charge on any atom is -0.452 e. The van der Waals surface area contributed by atoms with Gasteiger partial charge >= 0.3 is 12.0 Å². The predicted octanol–water partition coefficient (Wildman–Crippen LogP) is 2.68. The molecule has 0 atom stereocenters. The van der Waals surface area contributed by atoms with Crippen molar-refractivity contribution in [2.45, 2.75) is 18.9 Å². The first-order valence-corrected chi connectivity index (χ1v) is 9.58. The number of esters is 1. The third-order valence-electron chi connectivity index (χ3n) is 4.50. The molecule has 2 N–H and O–H groups in total. The molecule has 0 radical (unpaired) electrons. The van der Waals surface area contributed by atoms with E-state index in [-0.39, 0.29) is 11.6 Å². The molecule has 4 rings (SSSR count). The molecule has 30 heavy (non-hydrogen) atoms. The molecule has 0 aliphatic heterocycles. The standard InChI is InChI=1S/C22H20N4O4/c27-19(24-22(29)23-16-11-12-16)14-30-21(28)18-13-26(17-9-5-2-6-10-17)25-20(18)15-7-3-1-4-8-15/h1-10,13,16H,11-12,14H2,(H2,23,24,27,29). The van der Waals surface area contributed by atoms with Crippen molar-refractivity contribution >= 4 is 17.9 Å². The van der Waals surface area contributed by atoms with Crippen molar-refractivity contribution in [1.29, 1.82) is 0 Å². The van der Waals surface area contributed by atoms with Crippen LogP contribution >= 0.6 is 0 Å². The Morgan fingerprint density at radius 1 is 1.00 bits per heavy atom. The van der Waals surface area contributed by atoms with Crippen LogP contribution in [0, 0.1) is 0 Å². The van der Waals surface area contributed by atoms with E-state index in [1.54, 1.807) is 10.9 Å². The van der Waals surface area contributed by atoms with E-state index in [1.165, 1.54) is 0 Å². The van der Waals surface area contributed by atoms with Crippen LogP contribution in [-0.2, 0) is 9.53 Å². The fraction of sp³-hybridized carbons (Fsp3) is 0.182. The average molecular weight is 404 g/mol. The van der Waals surface area contributed by atoms with E-state index in [0.717, 1.165) is 24.1 Å². The molecule has 0 spiro atoms. The first kappa shape index (κ1) is 19.4. The van der Waals surface area contributed by atoms with E-state index in [1.807, 2.05) is 60.7 Å². The molecular formula is C22H20N4O4. The normalized spacial score (nSPS) is 12.8. The number of carbonyl (C=O) groups excluding carboxylic acids is 3. The second-order valence-corrected chi connectivity index (χ2v) is 6.91. The predicted molar refractivity (Wildman–Crippen MR) is 109 cm³/mol. The lowest BCUT2D eigenvalue weighted by Gasteiger charge is -2.06. The van der Waals surface area contributed by atoms with E-state index < -0.39 is 24.5 Å². The Balaban J connectivity index is 1.50. The van der Waals surface area contributed by atoms with Gasteiger partial charge in [-0.25, -0.2) is 14.3 Å². The van der Waals surface area contributed by atoms with Crippen molar-refractivity contribution in [3.8, 4) is 16.9 Å². The number of nitrogens with one attached hydrogen (secondary N) is 2. The van der Waals surface area contributed by atoms with Crippen LogP contribution in [0.3, 0.4) is 0 Å². The maximum atomic E-state index is 12.7. The maximum absolute atomic E-state index is 12.7. The number of aromatic nitrogens is 2. The number of hydrogen-bond donors (Lipinski definition) is 2. The lowest BCUT2D eigenvalue weighted by atomic mass is 10.1. The highest BCUT2D eigenvalue weighted by atomic mass is 16.5. The molecule has 1 saturated carbocycles. The smallest absolute Gasteiger partial charge is 0.342 e. The van der Waals surface area contributed by atoms with E-state index in [9.17, 15) is 14.4 Å². The van der Waals surface area contributed by atoms with Gasteiger partial charge in [0.2, 0.25) is 0 Å². The van der Waals surface area contributed by atoms with Gasteiger partial charge in [-0.1, -0.05) is 48.5 Å². The number of rotatable bonds is 6. The van der Waals surface area contributed by atoms with E-state index >= 15 is 0 Å². The third kappa shape index (κ3) is 4.72. The van der Waals surface area contributed by atoms with Crippen molar-refractivity contribution in [2.75, 3.05) is 6.61 Å². The highest BCUT2D eigenvalue weighted by Crippen LogP contribution is 2.24. The van der Waals surface area contributed by atoms with Crippen LogP contribution in [0.5, 0.6) is 0 Å². The zero-order chi connectivity index (χ0) is 20.9.